The molecule has 0 fully saturated rings. The van der Waals surface area contributed by atoms with Gasteiger partial charge in [0, 0.05) is 5.56 Å². The molecule has 1 aliphatic rings. The van der Waals surface area contributed by atoms with Crippen molar-refractivity contribution in [2.45, 2.75) is 0 Å². The summed E-state index contributed by atoms with van der Waals surface area (Å²) in [4.78, 5) is 26.3. The number of carbonyl (C=O) groups is 2. The van der Waals surface area contributed by atoms with Crippen LogP contribution in [0.3, 0.4) is 0 Å². The number of aliphatic imine (C=N–C) groups is 1. The molecule has 7 heteroatoms. The van der Waals surface area contributed by atoms with Crippen LogP contribution in [0.5, 0.6) is 0 Å². The number of carboxylic acids is 1. The molecule has 96 valence electrons. The number of hydrogen-bond donors (Lipinski definition) is 2. The van der Waals surface area contributed by atoms with Crippen LogP contribution in [0.15, 0.2) is 29.3 Å². The van der Waals surface area contributed by atoms with Crippen LogP contribution in [-0.4, -0.2) is 40.9 Å². The molecule has 7 nitrogen and oxygen atoms in total. The second kappa shape index (κ2) is 5.29. The fraction of sp³-hybridized carbons (Fsp3) is 0.167. The Hall–Kier alpha value is -2.72. The van der Waals surface area contributed by atoms with Crippen molar-refractivity contribution in [2.75, 3.05) is 13.2 Å². The zero-order valence-electron chi connectivity index (χ0n) is 9.83. The third-order valence-corrected chi connectivity index (χ3v) is 2.51. The van der Waals surface area contributed by atoms with Crippen LogP contribution in [0.2, 0.25) is 0 Å². The number of nitriles is 1. The minimum atomic E-state index is -1.17. The molecule has 0 atom stereocenters. The standard InChI is InChI=1S/C12H10N4O3/c13-5-8-2-1-3-9(4-8)10(17)6-16-7-14-11(15-16)12(18)19/h1-4H,6-7H2,(H,14,15)(H,18,19). The Morgan fingerprint density at radius 2 is 2.32 bits per heavy atom. The number of nitrogens with zero attached hydrogens (tertiary/aromatic N) is 3. The van der Waals surface area contributed by atoms with Crippen molar-refractivity contribution in [1.82, 2.24) is 10.4 Å². The van der Waals surface area contributed by atoms with E-state index in [4.69, 9.17) is 10.4 Å². The van der Waals surface area contributed by atoms with Crippen LogP contribution in [-0.2, 0) is 4.79 Å². The number of benzene rings is 1. The third-order valence-electron chi connectivity index (χ3n) is 2.51. The van der Waals surface area contributed by atoms with Gasteiger partial charge in [0.2, 0.25) is 5.84 Å². The predicted molar refractivity (Wildman–Crippen MR) is 65.3 cm³/mol. The topological polar surface area (TPSA) is 106 Å². The Morgan fingerprint density at radius 3 is 2.95 bits per heavy atom. The van der Waals surface area contributed by atoms with Crippen molar-refractivity contribution in [3.05, 3.63) is 35.4 Å². The quantitative estimate of drug-likeness (QED) is 0.736. The molecule has 0 saturated carbocycles. The molecule has 0 amide bonds. The molecule has 1 aromatic carbocycles. The van der Waals surface area contributed by atoms with E-state index in [1.807, 2.05) is 6.07 Å². The number of carbonyl (C=O) groups excluding carboxylic acids is 1. The monoisotopic (exact) mass is 258 g/mol. The Kier molecular flexibility index (Phi) is 3.54. The third kappa shape index (κ3) is 2.94. The van der Waals surface area contributed by atoms with Crippen LogP contribution >= 0.6 is 0 Å². The van der Waals surface area contributed by atoms with Gasteiger partial charge in [-0.15, -0.1) is 0 Å². The lowest BCUT2D eigenvalue weighted by atomic mass is 10.1. The number of ketones is 1. The number of rotatable bonds is 4. The molecule has 2 rings (SSSR count). The maximum Gasteiger partial charge on any atom is 0.372 e. The van der Waals surface area contributed by atoms with E-state index >= 15 is 0 Å². The average molecular weight is 258 g/mol. The fourth-order valence-corrected chi connectivity index (χ4v) is 1.61. The zero-order chi connectivity index (χ0) is 13.8. The molecule has 19 heavy (non-hydrogen) atoms. The number of carboxylic acid groups (broad SMARTS) is 1. The highest BCUT2D eigenvalue weighted by Crippen LogP contribution is 2.06. The van der Waals surface area contributed by atoms with Gasteiger partial charge in [0.05, 0.1) is 18.2 Å². The first kappa shape index (κ1) is 12.7. The molecule has 0 bridgehead atoms. The Labute approximate surface area is 108 Å². The summed E-state index contributed by atoms with van der Waals surface area (Å²) < 4.78 is 0. The smallest absolute Gasteiger partial charge is 0.372 e. The van der Waals surface area contributed by atoms with Gasteiger partial charge in [-0.3, -0.25) is 10.2 Å². The van der Waals surface area contributed by atoms with E-state index in [2.05, 4.69) is 10.4 Å². The van der Waals surface area contributed by atoms with Crippen molar-refractivity contribution in [1.29, 1.82) is 5.26 Å². The molecular formula is C12H10N4O3. The van der Waals surface area contributed by atoms with Crippen LogP contribution < -0.4 is 5.43 Å². The molecule has 0 unspecified atom stereocenters. The van der Waals surface area contributed by atoms with E-state index in [1.165, 1.54) is 11.1 Å². The van der Waals surface area contributed by atoms with Gasteiger partial charge in [0.15, 0.2) is 5.78 Å². The molecule has 0 aliphatic carbocycles. The molecule has 1 aliphatic heterocycles. The SMILES string of the molecule is N#Cc1cccc(C(=O)CN2CN=C(C(=O)O)N2)c1. The van der Waals surface area contributed by atoms with Gasteiger partial charge in [-0.1, -0.05) is 12.1 Å². The normalized spacial score (nSPS) is 14.4. The summed E-state index contributed by atoms with van der Waals surface area (Å²) in [6, 6.07) is 8.30. The minimum absolute atomic E-state index is 0.0187. The summed E-state index contributed by atoms with van der Waals surface area (Å²) in [6.45, 7) is 0.0838. The number of Topliss-reactive ketones (excluding diaryl/α,β-unsaturated/α-hetero) is 1. The van der Waals surface area contributed by atoms with Crippen LogP contribution in [0.1, 0.15) is 15.9 Å². The van der Waals surface area contributed by atoms with E-state index in [0.29, 0.717) is 11.1 Å². The highest BCUT2D eigenvalue weighted by atomic mass is 16.4. The molecule has 2 N–H and O–H groups in total. The van der Waals surface area contributed by atoms with Gasteiger partial charge < -0.3 is 5.11 Å². The first-order valence-electron chi connectivity index (χ1n) is 5.43. The van der Waals surface area contributed by atoms with Crippen LogP contribution in [0, 0.1) is 11.3 Å². The van der Waals surface area contributed by atoms with E-state index in [1.54, 1.807) is 18.2 Å². The number of nitrogens with one attached hydrogen (secondary N) is 1. The number of hydrazine groups is 1. The highest BCUT2D eigenvalue weighted by molar-refractivity contribution is 6.34. The van der Waals surface area contributed by atoms with Gasteiger partial charge >= 0.3 is 5.97 Å². The first-order chi connectivity index (χ1) is 9.10. The van der Waals surface area contributed by atoms with Gasteiger partial charge in [-0.05, 0) is 12.1 Å². The first-order valence-corrected chi connectivity index (χ1v) is 5.43. The van der Waals surface area contributed by atoms with Crippen LogP contribution in [0.4, 0.5) is 0 Å². The molecule has 1 heterocycles. The molecule has 0 spiro atoms. The van der Waals surface area contributed by atoms with E-state index < -0.39 is 5.97 Å². The van der Waals surface area contributed by atoms with Crippen molar-refractivity contribution >= 4 is 17.6 Å². The van der Waals surface area contributed by atoms with Gasteiger partial charge in [-0.25, -0.2) is 9.79 Å². The van der Waals surface area contributed by atoms with Gasteiger partial charge in [0.25, 0.3) is 0 Å². The molecule has 0 aromatic heterocycles. The average Bonchev–Trinajstić information content (AvgIpc) is 2.87. The number of aliphatic carboxylic acids is 1. The van der Waals surface area contributed by atoms with Crippen molar-refractivity contribution in [2.24, 2.45) is 4.99 Å². The van der Waals surface area contributed by atoms with E-state index in [9.17, 15) is 9.59 Å². The van der Waals surface area contributed by atoms with Crippen molar-refractivity contribution in [3.63, 3.8) is 0 Å². The predicted octanol–water partition coefficient (Wildman–Crippen LogP) is 0.00178. The van der Waals surface area contributed by atoms with E-state index in [0.717, 1.165) is 0 Å². The number of amidine groups is 1. The largest absolute Gasteiger partial charge is 0.475 e. The second-order valence-electron chi connectivity index (χ2n) is 3.88. The maximum absolute atomic E-state index is 12.0. The minimum Gasteiger partial charge on any atom is -0.475 e. The lowest BCUT2D eigenvalue weighted by Crippen LogP contribution is -2.42. The van der Waals surface area contributed by atoms with Gasteiger partial charge in [0.1, 0.15) is 6.67 Å². The summed E-state index contributed by atoms with van der Waals surface area (Å²) in [6.07, 6.45) is 0. The lowest BCUT2D eigenvalue weighted by Gasteiger charge is -2.14. The van der Waals surface area contributed by atoms with Crippen molar-refractivity contribution < 1.29 is 14.7 Å². The zero-order valence-corrected chi connectivity index (χ0v) is 9.83. The van der Waals surface area contributed by atoms with Crippen molar-refractivity contribution in [3.8, 4) is 6.07 Å². The molecule has 0 saturated heterocycles. The Morgan fingerprint density at radius 1 is 1.53 bits per heavy atom. The summed E-state index contributed by atoms with van der Waals surface area (Å²) in [5.74, 6) is -1.56. The highest BCUT2D eigenvalue weighted by Gasteiger charge is 2.22. The molecule has 0 radical (unpaired) electrons. The van der Waals surface area contributed by atoms with Gasteiger partial charge in [-0.2, -0.15) is 10.3 Å². The summed E-state index contributed by atoms with van der Waals surface area (Å²) in [7, 11) is 0. The maximum atomic E-state index is 12.0. The van der Waals surface area contributed by atoms with E-state index in [-0.39, 0.29) is 24.8 Å². The van der Waals surface area contributed by atoms with Crippen LogP contribution in [0.25, 0.3) is 0 Å². The lowest BCUT2D eigenvalue weighted by molar-refractivity contribution is -0.129. The molecular weight excluding hydrogens is 248 g/mol. The molecule has 1 aromatic rings. The number of hydrogen-bond acceptors (Lipinski definition) is 6. The Balaban J connectivity index is 1.99. The Bertz CT molecular complexity index is 603. The summed E-state index contributed by atoms with van der Waals surface area (Å²) in [5.41, 5.74) is 3.33. The second-order valence-corrected chi connectivity index (χ2v) is 3.88. The fourth-order valence-electron chi connectivity index (χ4n) is 1.61. The summed E-state index contributed by atoms with van der Waals surface area (Å²) in [5, 5.41) is 18.9. The summed E-state index contributed by atoms with van der Waals surface area (Å²) >= 11 is 0.